The molecule has 14 heteroatoms. The van der Waals surface area contributed by atoms with Crippen LogP contribution in [0.25, 0.3) is 0 Å². The number of unbranched alkanes of at least 4 members (excludes halogenated alkanes) is 18. The first-order valence-corrected chi connectivity index (χ1v) is 23.9. The van der Waals surface area contributed by atoms with Crippen molar-refractivity contribution in [3.05, 3.63) is 49.1 Å². The molecule has 59 heavy (non-hydrogen) atoms. The van der Waals surface area contributed by atoms with Gasteiger partial charge in [0, 0.05) is 12.8 Å². The van der Waals surface area contributed by atoms with Crippen molar-refractivity contribution in [3.8, 4) is 0 Å². The molecule has 0 aromatic heterocycles. The van der Waals surface area contributed by atoms with Crippen LogP contribution in [0.3, 0.4) is 0 Å². The van der Waals surface area contributed by atoms with E-state index in [0.29, 0.717) is 12.8 Å². The summed E-state index contributed by atoms with van der Waals surface area (Å²) in [5, 5.41) is 50.1. The van der Waals surface area contributed by atoms with Gasteiger partial charge in [0.1, 0.15) is 43.2 Å². The number of allylic oxidation sites excluding steroid dienone is 7. The highest BCUT2D eigenvalue weighted by Gasteiger charge is 2.51. The molecule has 0 saturated heterocycles. The van der Waals surface area contributed by atoms with Crippen molar-refractivity contribution in [2.24, 2.45) is 0 Å². The molecule has 13 nitrogen and oxygen atoms in total. The predicted octanol–water partition coefficient (Wildman–Crippen LogP) is 8.39. The van der Waals surface area contributed by atoms with Gasteiger partial charge in [0.2, 0.25) is 0 Å². The van der Waals surface area contributed by atoms with Gasteiger partial charge in [-0.25, -0.2) is 4.57 Å². The monoisotopic (exact) mass is 859 g/mol. The van der Waals surface area contributed by atoms with E-state index in [1.54, 1.807) is 0 Å². The molecule has 1 aliphatic rings. The smallest absolute Gasteiger partial charge is 0.462 e. The third-order valence-corrected chi connectivity index (χ3v) is 11.3. The minimum Gasteiger partial charge on any atom is -0.462 e. The highest BCUT2D eigenvalue weighted by molar-refractivity contribution is 7.47. The van der Waals surface area contributed by atoms with E-state index in [0.717, 1.165) is 77.0 Å². The van der Waals surface area contributed by atoms with Crippen LogP contribution in [0.15, 0.2) is 49.1 Å². The van der Waals surface area contributed by atoms with Crippen LogP contribution in [0.4, 0.5) is 0 Å². The van der Waals surface area contributed by atoms with Crippen molar-refractivity contribution in [2.75, 3.05) is 13.2 Å². The van der Waals surface area contributed by atoms with E-state index in [1.165, 1.54) is 57.8 Å². The summed E-state index contributed by atoms with van der Waals surface area (Å²) in [4.78, 5) is 35.7. The number of rotatable bonds is 37. The molecular weight excluding hydrogens is 779 g/mol. The zero-order valence-corrected chi connectivity index (χ0v) is 36.8. The molecule has 1 rings (SSSR count). The lowest BCUT2D eigenvalue weighted by Crippen LogP contribution is -2.64. The number of carbonyl (C=O) groups is 2. The van der Waals surface area contributed by atoms with E-state index in [-0.39, 0.29) is 12.8 Å². The summed E-state index contributed by atoms with van der Waals surface area (Å²) >= 11 is 0. The summed E-state index contributed by atoms with van der Waals surface area (Å²) in [5.74, 6) is -1.12. The van der Waals surface area contributed by atoms with Crippen LogP contribution in [-0.4, -0.2) is 98.3 Å². The van der Waals surface area contributed by atoms with E-state index in [4.69, 9.17) is 18.5 Å². The maximum Gasteiger partial charge on any atom is 0.472 e. The van der Waals surface area contributed by atoms with Gasteiger partial charge in [0.25, 0.3) is 0 Å². The molecule has 1 fully saturated rings. The first kappa shape index (κ1) is 54.8. The summed E-state index contributed by atoms with van der Waals surface area (Å²) in [6.07, 6.45) is 26.3. The molecule has 342 valence electrons. The average Bonchev–Trinajstić information content (AvgIpc) is 3.21. The number of aliphatic hydroxyl groups excluding tert-OH is 5. The van der Waals surface area contributed by atoms with Crippen LogP contribution in [0.2, 0.25) is 0 Å². The van der Waals surface area contributed by atoms with Gasteiger partial charge >= 0.3 is 19.8 Å². The van der Waals surface area contributed by atoms with E-state index in [1.807, 2.05) is 6.08 Å². The number of hydrogen-bond donors (Lipinski definition) is 6. The maximum atomic E-state index is 12.8. The van der Waals surface area contributed by atoms with Gasteiger partial charge < -0.3 is 39.9 Å². The zero-order valence-electron chi connectivity index (χ0n) is 35.9. The van der Waals surface area contributed by atoms with Gasteiger partial charge in [-0.1, -0.05) is 139 Å². The summed E-state index contributed by atoms with van der Waals surface area (Å²) < 4.78 is 33.5. The zero-order chi connectivity index (χ0) is 43.6. The summed E-state index contributed by atoms with van der Waals surface area (Å²) in [6.45, 7) is 4.69. The highest BCUT2D eigenvalue weighted by atomic mass is 31.2. The fraction of sp³-hybridized carbons (Fsp3) is 0.778. The first-order chi connectivity index (χ1) is 28.4. The standard InChI is InChI=1S/C45H79O13P/c1-3-5-7-9-11-13-15-17-19-21-23-25-27-29-31-33-38(46)55-35-37(36-56-59(53,54)58-45-43(51)41(49)40(48)42(50)44(45)52)57-39(47)34-32-30-28-26-24-22-20-18-16-14-12-10-8-6-4-2/h3,6,8,12,14,18,20,37,40-45,48-52H,1,4-5,7,9-11,13,15-17,19,21-36H2,2H3,(H,53,54)/b8-6+,14-12+,20-18+/t37-,40?,41-,42?,43?,44?,45?/m1/s1. The molecule has 6 unspecified atom stereocenters. The van der Waals surface area contributed by atoms with Crippen molar-refractivity contribution in [1.82, 2.24) is 0 Å². The van der Waals surface area contributed by atoms with Crippen molar-refractivity contribution >= 4 is 19.8 Å². The van der Waals surface area contributed by atoms with Gasteiger partial charge in [0.15, 0.2) is 6.10 Å². The number of hydrogen-bond acceptors (Lipinski definition) is 12. The van der Waals surface area contributed by atoms with Gasteiger partial charge in [0.05, 0.1) is 6.61 Å². The van der Waals surface area contributed by atoms with Crippen LogP contribution >= 0.6 is 7.82 Å². The molecule has 8 atom stereocenters. The third kappa shape index (κ3) is 28.1. The van der Waals surface area contributed by atoms with E-state index >= 15 is 0 Å². The average molecular weight is 859 g/mol. The van der Waals surface area contributed by atoms with Crippen LogP contribution < -0.4 is 0 Å². The fourth-order valence-electron chi connectivity index (χ4n) is 6.69. The molecule has 1 saturated carbocycles. The van der Waals surface area contributed by atoms with Crippen LogP contribution in [0.5, 0.6) is 0 Å². The second kappa shape index (κ2) is 35.4. The van der Waals surface area contributed by atoms with Crippen molar-refractivity contribution < 1.29 is 63.1 Å². The summed E-state index contributed by atoms with van der Waals surface area (Å²) in [7, 11) is -5.12. The highest BCUT2D eigenvalue weighted by Crippen LogP contribution is 2.47. The molecule has 0 aliphatic heterocycles. The van der Waals surface area contributed by atoms with E-state index in [2.05, 4.69) is 50.0 Å². The second-order valence-electron chi connectivity index (χ2n) is 15.6. The van der Waals surface area contributed by atoms with Gasteiger partial charge in [-0.2, -0.15) is 0 Å². The molecular formula is C45H79O13P. The Labute approximate surface area is 354 Å². The summed E-state index contributed by atoms with van der Waals surface area (Å²) in [6, 6.07) is 0. The molecule has 0 spiro atoms. The van der Waals surface area contributed by atoms with Crippen LogP contribution in [0, 0.1) is 0 Å². The Morgan fingerprint density at radius 1 is 0.576 bits per heavy atom. The predicted molar refractivity (Wildman–Crippen MR) is 230 cm³/mol. The number of esters is 2. The van der Waals surface area contributed by atoms with Gasteiger partial charge in [-0.15, -0.1) is 6.58 Å². The molecule has 0 radical (unpaired) electrons. The Balaban J connectivity index is 2.47. The number of ether oxygens (including phenoxy) is 2. The largest absolute Gasteiger partial charge is 0.472 e. The SMILES string of the molecule is C=CCCCCCCCCCCCCCCCC(=O)OC[C@H](COP(=O)(O)OC1C(O)C(O)C(O)[C@@H](O)C1O)OC(=O)CCCCCCC/C=C/C/C=C/C/C=C/CC. The summed E-state index contributed by atoms with van der Waals surface area (Å²) in [5.41, 5.74) is 0. The first-order valence-electron chi connectivity index (χ1n) is 22.4. The molecule has 0 heterocycles. The minimum atomic E-state index is -5.12. The molecule has 0 aromatic carbocycles. The Bertz CT molecular complexity index is 1210. The number of phosphoric ester groups is 1. The van der Waals surface area contributed by atoms with E-state index in [9.17, 15) is 44.6 Å². The van der Waals surface area contributed by atoms with E-state index < -0.39 is 75.7 Å². The maximum absolute atomic E-state index is 12.8. The quantitative estimate of drug-likeness (QED) is 0.0150. The Morgan fingerprint density at radius 2 is 1.00 bits per heavy atom. The van der Waals surface area contributed by atoms with Crippen molar-refractivity contribution in [3.63, 3.8) is 0 Å². The van der Waals surface area contributed by atoms with Gasteiger partial charge in [-0.05, 0) is 57.8 Å². The Morgan fingerprint density at radius 3 is 1.51 bits per heavy atom. The molecule has 0 bridgehead atoms. The second-order valence-corrected chi connectivity index (χ2v) is 17.0. The number of carbonyl (C=O) groups excluding carboxylic acids is 2. The van der Waals surface area contributed by atoms with Crippen molar-refractivity contribution in [2.45, 2.75) is 210 Å². The molecule has 0 amide bonds. The lowest BCUT2D eigenvalue weighted by molar-refractivity contribution is -0.220. The third-order valence-electron chi connectivity index (χ3n) is 10.3. The normalized spacial score (nSPS) is 22.6. The van der Waals surface area contributed by atoms with Crippen LogP contribution in [0.1, 0.15) is 167 Å². The lowest BCUT2D eigenvalue weighted by atomic mass is 9.85. The molecule has 0 aromatic rings. The topological polar surface area (TPSA) is 210 Å². The molecule has 1 aliphatic carbocycles. The Kier molecular flexibility index (Phi) is 32.9. The number of aliphatic hydroxyl groups is 5. The van der Waals surface area contributed by atoms with Crippen molar-refractivity contribution in [1.29, 1.82) is 0 Å². The Hall–Kier alpha value is -2.19. The van der Waals surface area contributed by atoms with Crippen LogP contribution in [-0.2, 0) is 32.7 Å². The lowest BCUT2D eigenvalue weighted by Gasteiger charge is -2.41. The van der Waals surface area contributed by atoms with Gasteiger partial charge in [-0.3, -0.25) is 18.6 Å². The minimum absolute atomic E-state index is 0.0758. The molecule has 6 N–H and O–H groups in total. The fourth-order valence-corrected chi connectivity index (χ4v) is 7.67. The number of phosphoric acid groups is 1.